The van der Waals surface area contributed by atoms with Crippen molar-refractivity contribution in [3.8, 4) is 0 Å². The van der Waals surface area contributed by atoms with Crippen LogP contribution in [0.1, 0.15) is 17.5 Å². The van der Waals surface area contributed by atoms with Gasteiger partial charge in [-0.05, 0) is 60.8 Å². The summed E-state index contributed by atoms with van der Waals surface area (Å²) in [5, 5.41) is 4.00. The Balaban J connectivity index is 1.69. The van der Waals surface area contributed by atoms with Crippen LogP contribution in [0.2, 0.25) is 0 Å². The number of benzene rings is 2. The molecule has 0 aliphatic carbocycles. The summed E-state index contributed by atoms with van der Waals surface area (Å²) in [5.74, 6) is 0.278. The monoisotopic (exact) mass is 489 g/mol. The van der Waals surface area contributed by atoms with E-state index in [-0.39, 0.29) is 5.91 Å². The number of hydrogen-bond donors (Lipinski definition) is 2. The van der Waals surface area contributed by atoms with Gasteiger partial charge in [0.25, 0.3) is 0 Å². The molecular formula is C24H31N3O4S2. The number of hydrogen-bond acceptors (Lipinski definition) is 6. The summed E-state index contributed by atoms with van der Waals surface area (Å²) in [6, 6.07) is 14.2. The Morgan fingerprint density at radius 3 is 2.58 bits per heavy atom. The largest absolute Gasteiger partial charge is 0.378 e. The molecule has 1 fully saturated rings. The maximum absolute atomic E-state index is 13.0. The first kappa shape index (κ1) is 25.3. The second-order valence-corrected chi connectivity index (χ2v) is 10.4. The molecule has 1 heterocycles. The van der Waals surface area contributed by atoms with Crippen molar-refractivity contribution in [2.24, 2.45) is 0 Å². The van der Waals surface area contributed by atoms with E-state index in [2.05, 4.69) is 14.9 Å². The third-order valence-electron chi connectivity index (χ3n) is 5.32. The smallest absolute Gasteiger partial charge is 0.242 e. The zero-order valence-electron chi connectivity index (χ0n) is 19.0. The van der Waals surface area contributed by atoms with E-state index in [1.807, 2.05) is 61.7 Å². The Kier molecular flexibility index (Phi) is 9.37. The van der Waals surface area contributed by atoms with E-state index in [1.165, 1.54) is 6.08 Å². The van der Waals surface area contributed by atoms with Crippen LogP contribution in [0.5, 0.6) is 0 Å². The quantitative estimate of drug-likeness (QED) is 0.531. The summed E-state index contributed by atoms with van der Waals surface area (Å²) < 4.78 is 33.2. The third-order valence-corrected chi connectivity index (χ3v) is 7.07. The molecule has 178 valence electrons. The molecule has 0 radical (unpaired) electrons. The number of carbonyl (C=O) groups is 1. The number of nitrogens with zero attached hydrogens (tertiary/aromatic N) is 1. The van der Waals surface area contributed by atoms with E-state index >= 15 is 0 Å². The molecule has 33 heavy (non-hydrogen) atoms. The molecule has 2 aromatic rings. The molecule has 1 amide bonds. The van der Waals surface area contributed by atoms with Crippen molar-refractivity contribution in [3.05, 3.63) is 65.1 Å². The molecule has 2 N–H and O–H groups in total. The highest BCUT2D eigenvalue weighted by Crippen LogP contribution is 2.24. The van der Waals surface area contributed by atoms with Crippen molar-refractivity contribution in [1.29, 1.82) is 0 Å². The van der Waals surface area contributed by atoms with Crippen molar-refractivity contribution in [2.75, 3.05) is 48.5 Å². The van der Waals surface area contributed by atoms with Crippen molar-refractivity contribution < 1.29 is 17.9 Å². The maximum atomic E-state index is 13.0. The SMILES string of the molecule is CSCC[C@H](NS(=O)(=O)/C=C/c1ccccc1)C(=O)Nc1ccc(N2CCOCC2)cc1C. The van der Waals surface area contributed by atoms with Gasteiger partial charge in [-0.3, -0.25) is 4.79 Å². The van der Waals surface area contributed by atoms with Gasteiger partial charge in [-0.1, -0.05) is 30.3 Å². The third kappa shape index (κ3) is 7.89. The lowest BCUT2D eigenvalue weighted by Gasteiger charge is -2.29. The Bertz CT molecular complexity index is 1050. The fourth-order valence-corrected chi connectivity index (χ4v) is 4.98. The molecule has 3 rings (SSSR count). The van der Waals surface area contributed by atoms with Crippen molar-refractivity contribution in [1.82, 2.24) is 4.72 Å². The molecule has 7 nitrogen and oxygen atoms in total. The van der Waals surface area contributed by atoms with Gasteiger partial charge in [0.2, 0.25) is 15.9 Å². The molecule has 1 atom stereocenters. The first-order valence-corrected chi connectivity index (χ1v) is 13.8. The fourth-order valence-electron chi connectivity index (χ4n) is 3.48. The summed E-state index contributed by atoms with van der Waals surface area (Å²) >= 11 is 1.56. The molecule has 0 saturated carbocycles. The van der Waals surface area contributed by atoms with E-state index in [0.29, 0.717) is 31.1 Å². The van der Waals surface area contributed by atoms with Crippen LogP contribution in [0.25, 0.3) is 6.08 Å². The van der Waals surface area contributed by atoms with Gasteiger partial charge in [0.15, 0.2) is 0 Å². The average molecular weight is 490 g/mol. The summed E-state index contributed by atoms with van der Waals surface area (Å²) in [4.78, 5) is 15.3. The first-order chi connectivity index (χ1) is 15.9. The highest BCUT2D eigenvalue weighted by atomic mass is 32.2. The number of thioether (sulfide) groups is 1. The van der Waals surface area contributed by atoms with Gasteiger partial charge in [-0.15, -0.1) is 0 Å². The van der Waals surface area contributed by atoms with Crippen molar-refractivity contribution in [3.63, 3.8) is 0 Å². The highest BCUT2D eigenvalue weighted by molar-refractivity contribution is 7.98. The van der Waals surface area contributed by atoms with Crippen molar-refractivity contribution >= 4 is 45.1 Å². The van der Waals surface area contributed by atoms with Crippen LogP contribution in [0, 0.1) is 6.92 Å². The van der Waals surface area contributed by atoms with Crippen LogP contribution in [-0.4, -0.2) is 58.7 Å². The van der Waals surface area contributed by atoms with Gasteiger partial charge < -0.3 is 15.0 Å². The summed E-state index contributed by atoms with van der Waals surface area (Å²) in [5.41, 5.74) is 3.44. The topological polar surface area (TPSA) is 87.7 Å². The van der Waals surface area contributed by atoms with Crippen LogP contribution in [0.15, 0.2) is 53.9 Å². The summed E-state index contributed by atoms with van der Waals surface area (Å²) in [7, 11) is -3.80. The molecule has 2 aromatic carbocycles. The number of morpholine rings is 1. The van der Waals surface area contributed by atoms with E-state index < -0.39 is 16.1 Å². The normalized spacial score (nSPS) is 15.5. The van der Waals surface area contributed by atoms with E-state index in [0.717, 1.165) is 35.3 Å². The summed E-state index contributed by atoms with van der Waals surface area (Å²) in [6.07, 6.45) is 3.82. The minimum absolute atomic E-state index is 0.372. The first-order valence-electron chi connectivity index (χ1n) is 10.9. The molecule has 1 saturated heterocycles. The van der Waals surface area contributed by atoms with Crippen LogP contribution in [0.4, 0.5) is 11.4 Å². The van der Waals surface area contributed by atoms with Crippen molar-refractivity contribution in [2.45, 2.75) is 19.4 Å². The minimum atomic E-state index is -3.80. The second kappa shape index (κ2) is 12.2. The van der Waals surface area contributed by atoms with E-state index in [1.54, 1.807) is 11.8 Å². The molecule has 1 aliphatic rings. The maximum Gasteiger partial charge on any atom is 0.242 e. The molecule has 9 heteroatoms. The van der Waals surface area contributed by atoms with Gasteiger partial charge in [-0.2, -0.15) is 16.5 Å². The number of sulfonamides is 1. The van der Waals surface area contributed by atoms with Crippen LogP contribution in [0.3, 0.4) is 0 Å². The number of anilines is 2. The number of ether oxygens (including phenoxy) is 1. The zero-order valence-corrected chi connectivity index (χ0v) is 20.6. The van der Waals surface area contributed by atoms with Gasteiger partial charge >= 0.3 is 0 Å². The lowest BCUT2D eigenvalue weighted by Crippen LogP contribution is -2.43. The Labute approximate surface area is 200 Å². The average Bonchev–Trinajstić information content (AvgIpc) is 2.83. The molecule has 1 aliphatic heterocycles. The number of rotatable bonds is 10. The lowest BCUT2D eigenvalue weighted by atomic mass is 10.1. The van der Waals surface area contributed by atoms with Gasteiger partial charge in [0.05, 0.1) is 13.2 Å². The Morgan fingerprint density at radius 2 is 1.91 bits per heavy atom. The van der Waals surface area contributed by atoms with Crippen LogP contribution < -0.4 is 14.9 Å². The van der Waals surface area contributed by atoms with E-state index in [9.17, 15) is 13.2 Å². The lowest BCUT2D eigenvalue weighted by molar-refractivity contribution is -0.117. The van der Waals surface area contributed by atoms with Crippen LogP contribution >= 0.6 is 11.8 Å². The van der Waals surface area contributed by atoms with Gasteiger partial charge in [-0.25, -0.2) is 8.42 Å². The predicted octanol–water partition coefficient (Wildman–Crippen LogP) is 3.48. The number of carbonyl (C=O) groups excluding carboxylic acids is 1. The minimum Gasteiger partial charge on any atom is -0.378 e. The predicted molar refractivity (Wildman–Crippen MR) is 137 cm³/mol. The summed E-state index contributed by atoms with van der Waals surface area (Å²) in [6.45, 7) is 5.00. The number of aryl methyl sites for hydroxylation is 1. The number of amides is 1. The second-order valence-electron chi connectivity index (χ2n) is 7.80. The number of nitrogens with one attached hydrogen (secondary N) is 2. The molecule has 0 spiro atoms. The standard InChI is InChI=1S/C24H31N3O4S2/c1-19-18-21(27-12-14-31-15-13-27)8-9-22(19)25-24(28)23(10-16-32-2)26-33(29,30)17-11-20-6-4-3-5-7-20/h3-9,11,17-18,23,26H,10,12-16H2,1-2H3,(H,25,28)/b17-11+/t23-/m0/s1. The Hall–Kier alpha value is -2.33. The molecule has 0 aromatic heterocycles. The zero-order chi connectivity index (χ0) is 23.7. The van der Waals surface area contributed by atoms with Gasteiger partial charge in [0, 0.05) is 29.9 Å². The molecule has 0 bridgehead atoms. The molecular weight excluding hydrogens is 458 g/mol. The van der Waals surface area contributed by atoms with E-state index in [4.69, 9.17) is 4.74 Å². The fraction of sp³-hybridized carbons (Fsp3) is 0.375. The highest BCUT2D eigenvalue weighted by Gasteiger charge is 2.23. The van der Waals surface area contributed by atoms with Crippen LogP contribution in [-0.2, 0) is 19.6 Å². The Morgan fingerprint density at radius 1 is 1.18 bits per heavy atom. The van der Waals surface area contributed by atoms with Gasteiger partial charge in [0.1, 0.15) is 6.04 Å². The molecule has 0 unspecified atom stereocenters.